The van der Waals surface area contributed by atoms with Crippen LogP contribution in [-0.4, -0.2) is 31.6 Å². The topological polar surface area (TPSA) is 77.8 Å². The molecule has 31 heavy (non-hydrogen) atoms. The molecule has 1 N–H and O–H groups in total. The quantitative estimate of drug-likeness (QED) is 0.663. The SMILES string of the molecule is COCc1c(C(=O)OCC(=O)N[C@H](C)C23CC4CC(CC(C4)C2)C3)oc2ccccc12. The van der Waals surface area contributed by atoms with E-state index in [-0.39, 0.29) is 36.3 Å². The highest BCUT2D eigenvalue weighted by Gasteiger charge is 2.53. The number of rotatable bonds is 7. The molecule has 6 nitrogen and oxygen atoms in total. The van der Waals surface area contributed by atoms with Crippen molar-refractivity contribution in [2.45, 2.75) is 58.1 Å². The largest absolute Gasteiger partial charge is 0.450 e. The highest BCUT2D eigenvalue weighted by atomic mass is 16.5. The fourth-order valence-corrected chi connectivity index (χ4v) is 6.89. The number of amides is 1. The van der Waals surface area contributed by atoms with Gasteiger partial charge in [0.25, 0.3) is 5.91 Å². The molecule has 0 unspecified atom stereocenters. The number of methoxy groups -OCH3 is 1. The summed E-state index contributed by atoms with van der Waals surface area (Å²) >= 11 is 0. The molecule has 0 spiro atoms. The van der Waals surface area contributed by atoms with Crippen molar-refractivity contribution in [3.63, 3.8) is 0 Å². The first-order valence-corrected chi connectivity index (χ1v) is 11.4. The molecular formula is C25H31NO5. The van der Waals surface area contributed by atoms with Crippen LogP contribution in [0.4, 0.5) is 0 Å². The van der Waals surface area contributed by atoms with Crippen LogP contribution in [0.2, 0.25) is 0 Å². The van der Waals surface area contributed by atoms with Gasteiger partial charge < -0.3 is 19.2 Å². The minimum absolute atomic E-state index is 0.0994. The van der Waals surface area contributed by atoms with E-state index in [9.17, 15) is 9.59 Å². The number of benzene rings is 1. The monoisotopic (exact) mass is 425 g/mol. The third-order valence-corrected chi connectivity index (χ3v) is 7.89. The fraction of sp³-hybridized carbons (Fsp3) is 0.600. The highest BCUT2D eigenvalue weighted by molar-refractivity contribution is 5.96. The Bertz CT molecular complexity index is 958. The van der Waals surface area contributed by atoms with E-state index >= 15 is 0 Å². The molecule has 4 fully saturated rings. The Morgan fingerprint density at radius 2 is 1.77 bits per heavy atom. The fourth-order valence-electron chi connectivity index (χ4n) is 6.89. The van der Waals surface area contributed by atoms with Gasteiger partial charge in [0.1, 0.15) is 5.58 Å². The summed E-state index contributed by atoms with van der Waals surface area (Å²) in [5, 5.41) is 3.95. The lowest BCUT2D eigenvalue weighted by Crippen LogP contribution is -2.56. The molecule has 1 aromatic heterocycles. The highest BCUT2D eigenvalue weighted by Crippen LogP contribution is 2.61. The number of esters is 1. The van der Waals surface area contributed by atoms with Crippen LogP contribution in [0.15, 0.2) is 28.7 Å². The van der Waals surface area contributed by atoms with E-state index in [1.54, 1.807) is 13.2 Å². The predicted molar refractivity (Wildman–Crippen MR) is 115 cm³/mol. The number of carbonyl (C=O) groups is 2. The molecule has 4 aliphatic rings. The normalized spacial score (nSPS) is 29.8. The second-order valence-corrected chi connectivity index (χ2v) is 9.98. The number of carbonyl (C=O) groups excluding carboxylic acids is 2. The third-order valence-electron chi connectivity index (χ3n) is 7.89. The van der Waals surface area contributed by atoms with E-state index in [1.807, 2.05) is 18.2 Å². The first kappa shape index (κ1) is 20.6. The number of para-hydroxylation sites is 1. The minimum atomic E-state index is -0.638. The predicted octanol–water partition coefficient (Wildman–Crippen LogP) is 4.46. The summed E-state index contributed by atoms with van der Waals surface area (Å²) in [5.41, 5.74) is 1.46. The second-order valence-electron chi connectivity index (χ2n) is 9.98. The van der Waals surface area contributed by atoms with Crippen molar-refractivity contribution >= 4 is 22.8 Å². The van der Waals surface area contributed by atoms with Gasteiger partial charge in [-0.15, -0.1) is 0 Å². The van der Waals surface area contributed by atoms with Gasteiger partial charge in [-0.25, -0.2) is 4.79 Å². The molecule has 1 heterocycles. The lowest BCUT2D eigenvalue weighted by Gasteiger charge is -2.59. The van der Waals surface area contributed by atoms with Gasteiger partial charge in [-0.3, -0.25) is 4.79 Å². The van der Waals surface area contributed by atoms with Crippen LogP contribution >= 0.6 is 0 Å². The third kappa shape index (κ3) is 3.75. The van der Waals surface area contributed by atoms with Crippen molar-refractivity contribution in [2.24, 2.45) is 23.2 Å². The molecule has 6 heteroatoms. The molecule has 4 aliphatic carbocycles. The van der Waals surface area contributed by atoms with E-state index < -0.39 is 5.97 Å². The lowest BCUT2D eigenvalue weighted by atomic mass is 9.48. The van der Waals surface area contributed by atoms with Crippen LogP contribution in [0.25, 0.3) is 11.0 Å². The number of furan rings is 1. The van der Waals surface area contributed by atoms with Gasteiger partial charge >= 0.3 is 5.97 Å². The molecule has 166 valence electrons. The van der Waals surface area contributed by atoms with Crippen molar-refractivity contribution < 1.29 is 23.5 Å². The van der Waals surface area contributed by atoms with Crippen LogP contribution < -0.4 is 5.32 Å². The Balaban J connectivity index is 1.22. The van der Waals surface area contributed by atoms with Crippen LogP contribution in [0.3, 0.4) is 0 Å². The molecule has 0 saturated heterocycles. The van der Waals surface area contributed by atoms with E-state index in [0.717, 1.165) is 23.1 Å². The maximum Gasteiger partial charge on any atom is 0.375 e. The van der Waals surface area contributed by atoms with E-state index in [4.69, 9.17) is 13.9 Å². The molecule has 6 rings (SSSR count). The number of fused-ring (bicyclic) bond motifs is 1. The van der Waals surface area contributed by atoms with Crippen molar-refractivity contribution in [3.8, 4) is 0 Å². The molecule has 0 aliphatic heterocycles. The number of hydrogen-bond acceptors (Lipinski definition) is 5. The average molecular weight is 426 g/mol. The first-order valence-electron chi connectivity index (χ1n) is 11.4. The Kier molecular flexibility index (Phi) is 5.29. The van der Waals surface area contributed by atoms with Crippen LogP contribution in [-0.2, 0) is 20.9 Å². The Morgan fingerprint density at radius 3 is 2.42 bits per heavy atom. The van der Waals surface area contributed by atoms with Gasteiger partial charge in [-0.05, 0) is 74.7 Å². The van der Waals surface area contributed by atoms with Crippen molar-refractivity contribution in [3.05, 3.63) is 35.6 Å². The molecule has 1 atom stereocenters. The molecular weight excluding hydrogens is 394 g/mol. The van der Waals surface area contributed by atoms with Gasteiger partial charge in [0, 0.05) is 24.1 Å². The van der Waals surface area contributed by atoms with Crippen molar-refractivity contribution in [1.82, 2.24) is 5.32 Å². The van der Waals surface area contributed by atoms with Crippen molar-refractivity contribution in [1.29, 1.82) is 0 Å². The lowest BCUT2D eigenvalue weighted by molar-refractivity contribution is -0.128. The van der Waals surface area contributed by atoms with Crippen molar-refractivity contribution in [2.75, 3.05) is 13.7 Å². The number of ether oxygens (including phenoxy) is 2. The zero-order valence-corrected chi connectivity index (χ0v) is 18.3. The first-order chi connectivity index (χ1) is 15.0. The van der Waals surface area contributed by atoms with Crippen LogP contribution in [0, 0.1) is 23.2 Å². The molecule has 4 bridgehead atoms. The Hall–Kier alpha value is -2.34. The minimum Gasteiger partial charge on any atom is -0.450 e. The van der Waals surface area contributed by atoms with E-state index in [1.165, 1.54) is 38.5 Å². The number of hydrogen-bond donors (Lipinski definition) is 1. The zero-order chi connectivity index (χ0) is 21.6. The standard InChI is InChI=1S/C25H31NO5/c1-15(25-10-16-7-17(11-25)9-18(8-16)12-25)26-22(27)14-30-24(28)23-20(13-29-2)19-5-3-4-6-21(19)31-23/h3-6,15-18H,7-14H2,1-2H3,(H,26,27)/t15-,16?,17?,18?,25?/m1/s1. The smallest absolute Gasteiger partial charge is 0.375 e. The van der Waals surface area contributed by atoms with Crippen LogP contribution in [0.5, 0.6) is 0 Å². The molecule has 1 amide bonds. The van der Waals surface area contributed by atoms with Crippen LogP contribution in [0.1, 0.15) is 61.6 Å². The summed E-state index contributed by atoms with van der Waals surface area (Å²) in [5.74, 6) is 1.70. The summed E-state index contributed by atoms with van der Waals surface area (Å²) in [4.78, 5) is 25.3. The average Bonchev–Trinajstić information content (AvgIpc) is 3.10. The summed E-state index contributed by atoms with van der Waals surface area (Å²) < 4.78 is 16.3. The Morgan fingerprint density at radius 1 is 1.13 bits per heavy atom. The molecule has 4 saturated carbocycles. The summed E-state index contributed by atoms with van der Waals surface area (Å²) in [7, 11) is 1.57. The maximum atomic E-state index is 12.7. The summed E-state index contributed by atoms with van der Waals surface area (Å²) in [6.07, 6.45) is 7.79. The number of nitrogens with one attached hydrogen (secondary N) is 1. The zero-order valence-electron chi connectivity index (χ0n) is 18.3. The summed E-state index contributed by atoms with van der Waals surface area (Å²) in [6.45, 7) is 2.05. The summed E-state index contributed by atoms with van der Waals surface area (Å²) in [6, 6.07) is 7.50. The van der Waals surface area contributed by atoms with Gasteiger partial charge in [0.15, 0.2) is 6.61 Å². The molecule has 0 radical (unpaired) electrons. The molecule has 1 aromatic carbocycles. The van der Waals surface area contributed by atoms with E-state index in [0.29, 0.717) is 11.1 Å². The van der Waals surface area contributed by atoms with Gasteiger partial charge in [0.2, 0.25) is 5.76 Å². The molecule has 2 aromatic rings. The van der Waals surface area contributed by atoms with E-state index in [2.05, 4.69) is 12.2 Å². The van der Waals surface area contributed by atoms with Gasteiger partial charge in [-0.1, -0.05) is 18.2 Å². The second kappa shape index (κ2) is 7.97. The maximum absolute atomic E-state index is 12.7. The Labute approximate surface area is 182 Å². The van der Waals surface area contributed by atoms with Gasteiger partial charge in [0.05, 0.1) is 6.61 Å². The van der Waals surface area contributed by atoms with Gasteiger partial charge in [-0.2, -0.15) is 0 Å².